The van der Waals surface area contributed by atoms with Crippen molar-refractivity contribution in [2.75, 3.05) is 5.32 Å². The van der Waals surface area contributed by atoms with Crippen molar-refractivity contribution in [1.29, 1.82) is 0 Å². The molecular weight excluding hydrogens is 312 g/mol. The SMILES string of the molecule is O=C(Nc1nc2n(n1)CCCC2)[C@@H]1C[C@H]1c1ccc2ccccc2c1. The van der Waals surface area contributed by atoms with Crippen molar-refractivity contribution in [2.24, 2.45) is 5.92 Å². The Hall–Kier alpha value is -2.69. The molecule has 5 nitrogen and oxygen atoms in total. The van der Waals surface area contributed by atoms with Crippen LogP contribution in [0.25, 0.3) is 10.8 Å². The molecule has 25 heavy (non-hydrogen) atoms. The van der Waals surface area contributed by atoms with Crippen molar-refractivity contribution >= 4 is 22.6 Å². The molecule has 5 heteroatoms. The second-order valence-electron chi connectivity index (χ2n) is 7.08. The number of aryl methyl sites for hydroxylation is 2. The largest absolute Gasteiger partial charge is 0.293 e. The van der Waals surface area contributed by atoms with Crippen LogP contribution in [0.4, 0.5) is 5.95 Å². The smallest absolute Gasteiger partial charge is 0.248 e. The van der Waals surface area contributed by atoms with Crippen LogP contribution in [0.15, 0.2) is 42.5 Å². The molecular formula is C20H20N4O. The zero-order valence-electron chi connectivity index (χ0n) is 14.0. The fourth-order valence-corrected chi connectivity index (χ4v) is 3.83. The van der Waals surface area contributed by atoms with Crippen molar-refractivity contribution in [2.45, 2.75) is 38.1 Å². The van der Waals surface area contributed by atoms with Gasteiger partial charge >= 0.3 is 0 Å². The molecule has 0 radical (unpaired) electrons. The molecule has 2 aromatic carbocycles. The fraction of sp³-hybridized carbons (Fsp3) is 0.350. The van der Waals surface area contributed by atoms with Crippen LogP contribution in [-0.4, -0.2) is 20.7 Å². The highest BCUT2D eigenvalue weighted by atomic mass is 16.2. The monoisotopic (exact) mass is 332 g/mol. The van der Waals surface area contributed by atoms with E-state index in [9.17, 15) is 4.79 Å². The summed E-state index contributed by atoms with van der Waals surface area (Å²) in [7, 11) is 0. The van der Waals surface area contributed by atoms with E-state index in [0.717, 1.165) is 38.1 Å². The number of benzene rings is 2. The average Bonchev–Trinajstić information content (AvgIpc) is 3.35. The molecule has 0 saturated heterocycles. The van der Waals surface area contributed by atoms with Crippen LogP contribution in [0.5, 0.6) is 0 Å². The minimum absolute atomic E-state index is 0.0293. The Labute approximate surface area is 146 Å². The number of aromatic nitrogens is 3. The van der Waals surface area contributed by atoms with Gasteiger partial charge in [0, 0.05) is 18.9 Å². The van der Waals surface area contributed by atoms with Crippen molar-refractivity contribution in [3.05, 3.63) is 53.9 Å². The summed E-state index contributed by atoms with van der Waals surface area (Å²) in [5, 5.41) is 9.80. The van der Waals surface area contributed by atoms with Crippen molar-refractivity contribution in [3.8, 4) is 0 Å². The Morgan fingerprint density at radius 2 is 2.00 bits per heavy atom. The number of hydrogen-bond acceptors (Lipinski definition) is 3. The third-order valence-electron chi connectivity index (χ3n) is 5.33. The van der Waals surface area contributed by atoms with E-state index in [1.807, 2.05) is 10.7 Å². The molecule has 1 aliphatic heterocycles. The van der Waals surface area contributed by atoms with E-state index in [1.165, 1.54) is 16.3 Å². The molecule has 1 aliphatic carbocycles. The third kappa shape index (κ3) is 2.69. The minimum atomic E-state index is 0.0293. The van der Waals surface area contributed by atoms with Crippen LogP contribution in [-0.2, 0) is 17.8 Å². The number of nitrogens with zero attached hydrogens (tertiary/aromatic N) is 3. The van der Waals surface area contributed by atoms with Crippen molar-refractivity contribution < 1.29 is 4.79 Å². The molecule has 1 saturated carbocycles. The number of fused-ring (bicyclic) bond motifs is 2. The molecule has 3 aromatic rings. The Kier molecular flexibility index (Phi) is 3.33. The lowest BCUT2D eigenvalue weighted by molar-refractivity contribution is -0.117. The fourth-order valence-electron chi connectivity index (χ4n) is 3.83. The molecule has 2 heterocycles. The van der Waals surface area contributed by atoms with Gasteiger partial charge in [0.15, 0.2) is 0 Å². The minimum Gasteiger partial charge on any atom is -0.293 e. The summed E-state index contributed by atoms with van der Waals surface area (Å²) in [4.78, 5) is 17.0. The highest BCUT2D eigenvalue weighted by Crippen LogP contribution is 2.48. The van der Waals surface area contributed by atoms with E-state index in [-0.39, 0.29) is 11.8 Å². The summed E-state index contributed by atoms with van der Waals surface area (Å²) < 4.78 is 1.92. The predicted octanol–water partition coefficient (Wildman–Crippen LogP) is 3.51. The lowest BCUT2D eigenvalue weighted by Gasteiger charge is -2.09. The maximum Gasteiger partial charge on any atom is 0.248 e. The van der Waals surface area contributed by atoms with Gasteiger partial charge in [-0.1, -0.05) is 42.5 Å². The first-order valence-corrected chi connectivity index (χ1v) is 9.01. The highest BCUT2D eigenvalue weighted by molar-refractivity contribution is 5.94. The van der Waals surface area contributed by atoms with Gasteiger partial charge in [-0.25, -0.2) is 4.68 Å². The first kappa shape index (κ1) is 14.6. The van der Waals surface area contributed by atoms with Gasteiger partial charge in [0.25, 0.3) is 0 Å². The highest BCUT2D eigenvalue weighted by Gasteiger charge is 2.44. The molecule has 2 aliphatic rings. The van der Waals surface area contributed by atoms with Gasteiger partial charge in [-0.05, 0) is 41.5 Å². The lowest BCUT2D eigenvalue weighted by atomic mass is 10.0. The summed E-state index contributed by atoms with van der Waals surface area (Å²) >= 11 is 0. The second kappa shape index (κ2) is 5.69. The number of nitrogens with one attached hydrogen (secondary N) is 1. The Morgan fingerprint density at radius 1 is 1.12 bits per heavy atom. The predicted molar refractivity (Wildman–Crippen MR) is 96.4 cm³/mol. The van der Waals surface area contributed by atoms with Gasteiger partial charge in [-0.15, -0.1) is 5.10 Å². The Morgan fingerprint density at radius 3 is 2.88 bits per heavy atom. The maximum atomic E-state index is 12.5. The molecule has 0 bridgehead atoms. The van der Waals surface area contributed by atoms with Gasteiger partial charge in [0.2, 0.25) is 11.9 Å². The third-order valence-corrected chi connectivity index (χ3v) is 5.33. The Bertz CT molecular complexity index is 938. The van der Waals surface area contributed by atoms with Gasteiger partial charge in [-0.3, -0.25) is 10.1 Å². The van der Waals surface area contributed by atoms with Crippen LogP contribution in [0.3, 0.4) is 0 Å². The van der Waals surface area contributed by atoms with Crippen molar-refractivity contribution in [1.82, 2.24) is 14.8 Å². The number of carbonyl (C=O) groups is 1. The van der Waals surface area contributed by atoms with Crippen LogP contribution < -0.4 is 5.32 Å². The maximum absolute atomic E-state index is 12.5. The van der Waals surface area contributed by atoms with Crippen LogP contribution >= 0.6 is 0 Å². The number of hydrogen-bond donors (Lipinski definition) is 1. The molecule has 1 N–H and O–H groups in total. The van der Waals surface area contributed by atoms with Crippen LogP contribution in [0.1, 0.15) is 36.6 Å². The van der Waals surface area contributed by atoms with Crippen LogP contribution in [0.2, 0.25) is 0 Å². The summed E-state index contributed by atoms with van der Waals surface area (Å²) in [6.45, 7) is 0.904. The molecule has 0 unspecified atom stereocenters. The Balaban J connectivity index is 1.30. The number of anilines is 1. The van der Waals surface area contributed by atoms with Gasteiger partial charge in [0.1, 0.15) is 5.82 Å². The number of carbonyl (C=O) groups excluding carboxylic acids is 1. The van der Waals surface area contributed by atoms with E-state index in [2.05, 4.69) is 51.8 Å². The first-order chi connectivity index (χ1) is 12.3. The summed E-state index contributed by atoms with van der Waals surface area (Å²) in [5.74, 6) is 1.83. The topological polar surface area (TPSA) is 59.8 Å². The van der Waals surface area contributed by atoms with Crippen LogP contribution in [0, 0.1) is 5.92 Å². The quantitative estimate of drug-likeness (QED) is 0.798. The van der Waals surface area contributed by atoms with E-state index in [0.29, 0.717) is 11.9 Å². The van der Waals surface area contributed by atoms with Crippen molar-refractivity contribution in [3.63, 3.8) is 0 Å². The lowest BCUT2D eigenvalue weighted by Crippen LogP contribution is -2.16. The molecule has 5 rings (SSSR count). The average molecular weight is 332 g/mol. The molecule has 2 atom stereocenters. The van der Waals surface area contributed by atoms with E-state index >= 15 is 0 Å². The number of rotatable bonds is 3. The molecule has 0 spiro atoms. The van der Waals surface area contributed by atoms with E-state index < -0.39 is 0 Å². The van der Waals surface area contributed by atoms with Gasteiger partial charge < -0.3 is 0 Å². The van der Waals surface area contributed by atoms with E-state index in [4.69, 9.17) is 0 Å². The zero-order valence-corrected chi connectivity index (χ0v) is 14.0. The normalized spacial score (nSPS) is 21.8. The van der Waals surface area contributed by atoms with Gasteiger partial charge in [-0.2, -0.15) is 4.98 Å². The summed E-state index contributed by atoms with van der Waals surface area (Å²) in [6.07, 6.45) is 4.14. The standard InChI is InChI=1S/C20H20N4O/c25-19(22-20-21-18-7-3-4-10-24(18)23-20)17-12-16(17)15-9-8-13-5-1-2-6-14(13)11-15/h1-2,5-6,8-9,11,16-17H,3-4,7,10,12H2,(H,22,23,25)/t16-,17+/m0/s1. The molecule has 1 aromatic heterocycles. The summed E-state index contributed by atoms with van der Waals surface area (Å²) in [6, 6.07) is 14.8. The summed E-state index contributed by atoms with van der Waals surface area (Å²) in [5.41, 5.74) is 1.25. The van der Waals surface area contributed by atoms with Gasteiger partial charge in [0.05, 0.1) is 0 Å². The molecule has 126 valence electrons. The second-order valence-corrected chi connectivity index (χ2v) is 7.08. The first-order valence-electron chi connectivity index (χ1n) is 9.01. The van der Waals surface area contributed by atoms with E-state index in [1.54, 1.807) is 0 Å². The molecule has 1 amide bonds. The number of amides is 1. The molecule has 1 fully saturated rings. The zero-order chi connectivity index (χ0) is 16.8.